The second kappa shape index (κ2) is 53.7. The van der Waals surface area contributed by atoms with E-state index in [0.29, 0.717) is 25.2 Å². The van der Waals surface area contributed by atoms with Gasteiger partial charge in [-0.05, 0) is 25.2 Å². The minimum absolute atomic E-state index is 0.0310. The lowest BCUT2D eigenvalue weighted by atomic mass is 9.84. The Kier molecular flexibility index (Phi) is 49.4. The van der Waals surface area contributed by atoms with Crippen LogP contribution in [0.2, 0.25) is 0 Å². The van der Waals surface area contributed by atoms with Crippen LogP contribution < -0.4 is 0 Å². The molecule has 0 amide bonds. The molecule has 3 rings (SSSR count). The Morgan fingerprint density at radius 2 is 0.722 bits per heavy atom. The quantitative estimate of drug-likeness (QED) is 0.0117. The maximum absolute atomic E-state index is 14.3. The molecular weight excluding hydrogens is 1280 g/mol. The minimum Gasteiger partial charge on any atom is -0.463 e. The zero-order valence-corrected chi connectivity index (χ0v) is 60.7. The summed E-state index contributed by atoms with van der Waals surface area (Å²) in [6, 6.07) is 0. The molecule has 97 heavy (non-hydrogen) atoms. The van der Waals surface area contributed by atoms with Gasteiger partial charge in [0.05, 0.1) is 13.2 Å². The average Bonchev–Trinajstić information content (AvgIpc) is 0.763. The normalized spacial score (nSPS) is 28.1. The minimum atomic E-state index is -5.69. The molecule has 0 radical (unpaired) electrons. The summed E-state index contributed by atoms with van der Waals surface area (Å²) in [5, 5.41) is 110. The summed E-state index contributed by atoms with van der Waals surface area (Å²) < 4.78 is 65.1. The van der Waals surface area contributed by atoms with Crippen molar-refractivity contribution in [2.24, 2.45) is 5.92 Å². The number of hydrogen-bond acceptors (Lipinski definition) is 23. The molecule has 0 aromatic rings. The fourth-order valence-electron chi connectivity index (χ4n) is 12.9. The summed E-state index contributed by atoms with van der Waals surface area (Å²) in [7, 11) is -5.69. The van der Waals surface area contributed by atoms with Gasteiger partial charge in [0.25, 0.3) is 0 Å². The highest BCUT2D eigenvalue weighted by molar-refractivity contribution is 7.47. The van der Waals surface area contributed by atoms with Gasteiger partial charge in [0.1, 0.15) is 98.7 Å². The van der Waals surface area contributed by atoms with E-state index in [1.54, 1.807) is 0 Å². The van der Waals surface area contributed by atoms with Crippen LogP contribution in [0.4, 0.5) is 0 Å². The molecule has 0 spiro atoms. The van der Waals surface area contributed by atoms with Crippen LogP contribution in [0.3, 0.4) is 0 Å². The van der Waals surface area contributed by atoms with Crippen LogP contribution in [-0.4, -0.2) is 204 Å². The van der Waals surface area contributed by atoms with Crippen molar-refractivity contribution in [3.8, 4) is 0 Å². The van der Waals surface area contributed by atoms with Crippen LogP contribution in [-0.2, 0) is 61.2 Å². The number of esters is 3. The number of phosphoric acid groups is 1. The number of ether oxygens (including phenoxy) is 7. The summed E-state index contributed by atoms with van der Waals surface area (Å²) in [6.07, 6.45) is 8.90. The third-order valence-corrected chi connectivity index (χ3v) is 20.3. The number of aliphatic hydroxyl groups excluding tert-OH is 10. The maximum Gasteiger partial charge on any atom is 0.472 e. The lowest BCUT2D eigenvalue weighted by Gasteiger charge is -2.49. The van der Waals surface area contributed by atoms with E-state index in [4.69, 9.17) is 42.2 Å². The van der Waals surface area contributed by atoms with Crippen LogP contribution in [0.15, 0.2) is 0 Å². The van der Waals surface area contributed by atoms with Gasteiger partial charge in [-0.1, -0.05) is 265 Å². The van der Waals surface area contributed by atoms with E-state index >= 15 is 0 Å². The molecule has 2 saturated heterocycles. The molecule has 0 bridgehead atoms. The van der Waals surface area contributed by atoms with Crippen molar-refractivity contribution in [1.82, 2.24) is 0 Å². The predicted molar refractivity (Wildman–Crippen MR) is 365 cm³/mol. The topological polar surface area (TPSA) is 374 Å². The van der Waals surface area contributed by atoms with Gasteiger partial charge in [-0.25, -0.2) is 4.57 Å². The van der Waals surface area contributed by atoms with Crippen LogP contribution in [0.1, 0.15) is 304 Å². The van der Waals surface area contributed by atoms with Crippen LogP contribution in [0.25, 0.3) is 0 Å². The first-order chi connectivity index (χ1) is 46.7. The Morgan fingerprint density at radius 1 is 0.392 bits per heavy atom. The Balaban J connectivity index is 1.73. The summed E-state index contributed by atoms with van der Waals surface area (Å²) in [6.45, 7) is 5.78. The number of aliphatic hydroxyl groups is 10. The number of phosphoric ester groups is 1. The number of hydrogen-bond donors (Lipinski definition) is 11. The van der Waals surface area contributed by atoms with Crippen LogP contribution in [0, 0.1) is 5.92 Å². The van der Waals surface area contributed by atoms with Crippen LogP contribution >= 0.6 is 7.82 Å². The molecule has 3 aliphatic rings. The van der Waals surface area contributed by atoms with Gasteiger partial charge in [0, 0.05) is 19.3 Å². The summed E-state index contributed by atoms with van der Waals surface area (Å²) in [5.41, 5.74) is 0. The molecule has 19 atom stereocenters. The van der Waals surface area contributed by atoms with Crippen molar-refractivity contribution >= 4 is 25.7 Å². The molecule has 11 N–H and O–H groups in total. The van der Waals surface area contributed by atoms with E-state index in [2.05, 4.69) is 27.7 Å². The van der Waals surface area contributed by atoms with Gasteiger partial charge in [0.2, 0.25) is 0 Å². The zero-order chi connectivity index (χ0) is 71.2. The highest BCUT2D eigenvalue weighted by Gasteiger charge is 2.58. The monoisotopic (exact) mass is 1410 g/mol. The highest BCUT2D eigenvalue weighted by atomic mass is 31.2. The van der Waals surface area contributed by atoms with E-state index in [9.17, 15) is 74.9 Å². The lowest BCUT2D eigenvalue weighted by Crippen LogP contribution is -2.69. The summed E-state index contributed by atoms with van der Waals surface area (Å²) >= 11 is 0. The third-order valence-electron chi connectivity index (χ3n) is 19.3. The first-order valence-electron chi connectivity index (χ1n) is 38.2. The van der Waals surface area contributed by atoms with Gasteiger partial charge in [-0.2, -0.15) is 0 Å². The summed E-state index contributed by atoms with van der Waals surface area (Å²) in [5.74, 6) is -1.28. The van der Waals surface area contributed by atoms with Crippen molar-refractivity contribution in [2.75, 3.05) is 26.4 Å². The van der Waals surface area contributed by atoms with Crippen molar-refractivity contribution in [1.29, 1.82) is 0 Å². The van der Waals surface area contributed by atoms with Crippen molar-refractivity contribution in [3.63, 3.8) is 0 Å². The van der Waals surface area contributed by atoms with E-state index in [-0.39, 0.29) is 19.3 Å². The third kappa shape index (κ3) is 37.3. The Bertz CT molecular complexity index is 2030. The van der Waals surface area contributed by atoms with Gasteiger partial charge in [-0.15, -0.1) is 0 Å². The number of carbonyl (C=O) groups excluding carboxylic acids is 3. The molecular formula is C72H135O24P. The molecule has 0 aromatic carbocycles. The smallest absolute Gasteiger partial charge is 0.463 e. The molecule has 2 heterocycles. The van der Waals surface area contributed by atoms with Crippen molar-refractivity contribution in [2.45, 2.75) is 408 Å². The zero-order valence-electron chi connectivity index (χ0n) is 59.8. The Morgan fingerprint density at radius 3 is 1.11 bits per heavy atom. The number of rotatable bonds is 59. The van der Waals surface area contributed by atoms with Crippen LogP contribution in [0.5, 0.6) is 0 Å². The first-order valence-corrected chi connectivity index (χ1v) is 39.7. The standard InChI is InChI=1S/C72H135O24P/c1-5-8-11-14-17-19-21-23-24-26-27-29-35-40-45-56(74)88-49-53(91-58(76)47-42-37-30-28-25-22-20-18-15-12-9-6-2)50-90-97(86,87)96-70-68(94-71-66(84)61(79)59(77)54(48-73)92-71)64(82)63(81)65(83)69(70)95-72-67(85)62(80)60(78)55(93-72)51-89-57(75)46-41-36-32-31-34-39-44-52(4)43-38-33-16-13-10-7-3/h52-55,59-73,77-85H,5-51H2,1-4H3,(H,86,87). The van der Waals surface area contributed by atoms with Gasteiger partial charge >= 0.3 is 25.7 Å². The fourth-order valence-corrected chi connectivity index (χ4v) is 13.9. The molecule has 2 aliphatic heterocycles. The molecule has 19 unspecified atom stereocenters. The van der Waals surface area contributed by atoms with E-state index in [0.717, 1.165) is 89.9 Å². The Labute approximate surface area is 580 Å². The van der Waals surface area contributed by atoms with Gasteiger partial charge < -0.3 is 89.1 Å². The summed E-state index contributed by atoms with van der Waals surface area (Å²) in [4.78, 5) is 51.0. The van der Waals surface area contributed by atoms with Gasteiger partial charge in [0.15, 0.2) is 18.7 Å². The van der Waals surface area contributed by atoms with E-state index < -0.39 is 156 Å². The molecule has 25 heteroatoms. The number of unbranched alkanes of at least 4 members (excludes halogenated alkanes) is 34. The molecule has 1 saturated carbocycles. The Hall–Kier alpha value is -2.04. The largest absolute Gasteiger partial charge is 0.472 e. The van der Waals surface area contributed by atoms with E-state index in [1.807, 2.05) is 0 Å². The molecule has 24 nitrogen and oxygen atoms in total. The van der Waals surface area contributed by atoms with Gasteiger partial charge in [-0.3, -0.25) is 23.4 Å². The van der Waals surface area contributed by atoms with Crippen molar-refractivity contribution < 1.29 is 117 Å². The molecule has 1 aliphatic carbocycles. The molecule has 3 fully saturated rings. The number of carbonyl (C=O) groups is 3. The second-order valence-corrected chi connectivity index (χ2v) is 29.4. The fraction of sp³-hybridized carbons (Fsp3) is 0.958. The average molecular weight is 1420 g/mol. The molecule has 0 aromatic heterocycles. The second-order valence-electron chi connectivity index (χ2n) is 28.0. The molecule has 572 valence electrons. The SMILES string of the molecule is CCCCCCCCCCCCCCCCC(=O)OCC(COP(=O)(O)OC1C(OC2OC(CO)C(O)C(O)C2O)C(O)C(O)C(O)C1OC1OC(COC(=O)CCCCCCCCC(C)CCCCCCCC)C(O)C(O)C1O)OC(=O)CCCCCCCCCCCCCC. The van der Waals surface area contributed by atoms with Crippen molar-refractivity contribution in [3.05, 3.63) is 0 Å². The predicted octanol–water partition coefficient (Wildman–Crippen LogP) is 10.4. The highest BCUT2D eigenvalue weighted by Crippen LogP contribution is 2.49. The first kappa shape index (κ1) is 89.2. The lowest BCUT2D eigenvalue weighted by molar-refractivity contribution is -0.360. The maximum atomic E-state index is 14.3. The van der Waals surface area contributed by atoms with E-state index in [1.165, 1.54) is 148 Å².